The van der Waals surface area contributed by atoms with E-state index in [1.807, 2.05) is 30.9 Å². The number of piperazine rings is 1. The first-order valence-corrected chi connectivity index (χ1v) is 8.19. The van der Waals surface area contributed by atoms with Crippen LogP contribution in [0.1, 0.15) is 20.3 Å². The summed E-state index contributed by atoms with van der Waals surface area (Å²) in [5, 5.41) is 12.7. The van der Waals surface area contributed by atoms with Gasteiger partial charge < -0.3 is 25.0 Å². The van der Waals surface area contributed by atoms with Crippen molar-refractivity contribution in [2.75, 3.05) is 37.7 Å². The molecule has 0 radical (unpaired) electrons. The molecule has 6 heteroatoms. The van der Waals surface area contributed by atoms with Crippen LogP contribution in [0.3, 0.4) is 0 Å². The molecule has 2 aliphatic rings. The zero-order valence-electron chi connectivity index (χ0n) is 13.8. The molecular weight excluding hydrogens is 294 g/mol. The molecule has 126 valence electrons. The van der Waals surface area contributed by atoms with Crippen molar-refractivity contribution in [2.24, 2.45) is 0 Å². The molecule has 0 aliphatic carbocycles. The van der Waals surface area contributed by atoms with Crippen LogP contribution < -0.4 is 10.2 Å². The molecular formula is C17H25N3O3. The summed E-state index contributed by atoms with van der Waals surface area (Å²) < 4.78 is 5.66. The average molecular weight is 319 g/mol. The van der Waals surface area contributed by atoms with Crippen LogP contribution >= 0.6 is 0 Å². The van der Waals surface area contributed by atoms with Crippen LogP contribution in [0.15, 0.2) is 24.3 Å². The van der Waals surface area contributed by atoms with Gasteiger partial charge in [-0.15, -0.1) is 0 Å². The smallest absolute Gasteiger partial charge is 0.317 e. The number of benzene rings is 1. The average Bonchev–Trinajstić information content (AvgIpc) is 2.86. The van der Waals surface area contributed by atoms with E-state index in [0.717, 1.165) is 25.2 Å². The van der Waals surface area contributed by atoms with Gasteiger partial charge in [0.05, 0.1) is 11.6 Å². The van der Waals surface area contributed by atoms with E-state index in [2.05, 4.69) is 10.2 Å². The van der Waals surface area contributed by atoms with Crippen molar-refractivity contribution in [2.45, 2.75) is 31.9 Å². The second-order valence-corrected chi connectivity index (χ2v) is 6.74. The fourth-order valence-electron chi connectivity index (χ4n) is 3.23. The Hall–Kier alpha value is -1.95. The predicted molar refractivity (Wildman–Crippen MR) is 88.9 cm³/mol. The lowest BCUT2D eigenvalue weighted by Crippen LogP contribution is -2.56. The molecule has 2 aliphatic heterocycles. The van der Waals surface area contributed by atoms with Gasteiger partial charge in [-0.25, -0.2) is 4.79 Å². The Morgan fingerprint density at radius 3 is 2.65 bits per heavy atom. The van der Waals surface area contributed by atoms with Gasteiger partial charge in [0.2, 0.25) is 0 Å². The van der Waals surface area contributed by atoms with Crippen LogP contribution in [-0.4, -0.2) is 60.5 Å². The third-order valence-electron chi connectivity index (χ3n) is 4.78. The van der Waals surface area contributed by atoms with Crippen LogP contribution in [0.2, 0.25) is 0 Å². The minimum Gasteiger partial charge on any atom is -0.508 e. The number of phenolic OH excluding ortho intramolecular Hbond substituents is 1. The van der Waals surface area contributed by atoms with Gasteiger partial charge in [-0.3, -0.25) is 0 Å². The van der Waals surface area contributed by atoms with Crippen LogP contribution in [0.5, 0.6) is 5.75 Å². The van der Waals surface area contributed by atoms with E-state index in [-0.39, 0.29) is 23.4 Å². The number of urea groups is 1. The lowest BCUT2D eigenvalue weighted by Gasteiger charge is -2.37. The number of carbonyl (C=O) groups excluding carboxylic acids is 1. The molecule has 2 amide bonds. The van der Waals surface area contributed by atoms with Crippen LogP contribution in [-0.2, 0) is 4.74 Å². The molecule has 0 aromatic heterocycles. The highest BCUT2D eigenvalue weighted by molar-refractivity contribution is 5.75. The highest BCUT2D eigenvalue weighted by atomic mass is 16.5. The fraction of sp³-hybridized carbons (Fsp3) is 0.588. The van der Waals surface area contributed by atoms with Crippen molar-refractivity contribution in [1.29, 1.82) is 0 Å². The van der Waals surface area contributed by atoms with E-state index in [9.17, 15) is 9.90 Å². The normalized spacial score (nSPS) is 23.8. The standard InChI is InChI=1S/C17H25N3O3/c1-17(2)15(6-11-23-17)18-16(22)20-9-7-19(8-10-20)13-4-3-5-14(21)12-13/h3-5,12,15,21H,6-11H2,1-2H3,(H,18,22). The SMILES string of the molecule is CC1(C)OCCC1NC(=O)N1CCN(c2cccc(O)c2)CC1. The van der Waals surface area contributed by atoms with Gasteiger partial charge in [0, 0.05) is 44.5 Å². The van der Waals surface area contributed by atoms with E-state index < -0.39 is 0 Å². The molecule has 6 nitrogen and oxygen atoms in total. The monoisotopic (exact) mass is 319 g/mol. The van der Waals surface area contributed by atoms with Gasteiger partial charge in [0.1, 0.15) is 5.75 Å². The number of aromatic hydroxyl groups is 1. The van der Waals surface area contributed by atoms with Crippen molar-refractivity contribution >= 4 is 11.7 Å². The lowest BCUT2D eigenvalue weighted by molar-refractivity contribution is 0.0225. The summed E-state index contributed by atoms with van der Waals surface area (Å²) in [4.78, 5) is 16.5. The lowest BCUT2D eigenvalue weighted by atomic mass is 9.99. The number of ether oxygens (including phenoxy) is 1. The molecule has 2 fully saturated rings. The van der Waals surface area contributed by atoms with Crippen molar-refractivity contribution in [1.82, 2.24) is 10.2 Å². The fourth-order valence-corrected chi connectivity index (χ4v) is 3.23. The number of hydrogen-bond acceptors (Lipinski definition) is 4. The summed E-state index contributed by atoms with van der Waals surface area (Å²) >= 11 is 0. The van der Waals surface area contributed by atoms with E-state index >= 15 is 0 Å². The van der Waals surface area contributed by atoms with Gasteiger partial charge in [-0.1, -0.05) is 6.07 Å². The Morgan fingerprint density at radius 2 is 2.04 bits per heavy atom. The predicted octanol–water partition coefficient (Wildman–Crippen LogP) is 1.79. The molecule has 3 rings (SSSR count). The minimum atomic E-state index is -0.293. The maximum absolute atomic E-state index is 12.4. The maximum atomic E-state index is 12.4. The number of anilines is 1. The zero-order valence-corrected chi connectivity index (χ0v) is 13.8. The van der Waals surface area contributed by atoms with Crippen molar-refractivity contribution in [3.05, 3.63) is 24.3 Å². The van der Waals surface area contributed by atoms with Crippen molar-refractivity contribution < 1.29 is 14.6 Å². The Morgan fingerprint density at radius 1 is 1.30 bits per heavy atom. The van der Waals surface area contributed by atoms with E-state index in [1.165, 1.54) is 0 Å². The number of carbonyl (C=O) groups is 1. The van der Waals surface area contributed by atoms with E-state index in [0.29, 0.717) is 19.7 Å². The molecule has 2 N–H and O–H groups in total. The molecule has 0 spiro atoms. The van der Waals surface area contributed by atoms with Gasteiger partial charge in [-0.05, 0) is 32.4 Å². The van der Waals surface area contributed by atoms with Crippen LogP contribution in [0.4, 0.5) is 10.5 Å². The summed E-state index contributed by atoms with van der Waals surface area (Å²) in [7, 11) is 0. The highest BCUT2D eigenvalue weighted by Crippen LogP contribution is 2.25. The van der Waals surface area contributed by atoms with Gasteiger partial charge in [0.25, 0.3) is 0 Å². The Labute approximate surface area is 137 Å². The van der Waals surface area contributed by atoms with Crippen LogP contribution in [0.25, 0.3) is 0 Å². The Balaban J connectivity index is 1.53. The van der Waals surface area contributed by atoms with Gasteiger partial charge in [0.15, 0.2) is 0 Å². The third kappa shape index (κ3) is 3.52. The van der Waals surface area contributed by atoms with Crippen LogP contribution in [0, 0.1) is 0 Å². The third-order valence-corrected chi connectivity index (χ3v) is 4.78. The first-order valence-electron chi connectivity index (χ1n) is 8.19. The molecule has 2 saturated heterocycles. The number of amides is 2. The molecule has 0 bridgehead atoms. The molecule has 1 atom stereocenters. The topological polar surface area (TPSA) is 65.0 Å². The molecule has 23 heavy (non-hydrogen) atoms. The quantitative estimate of drug-likeness (QED) is 0.872. The molecule has 0 saturated carbocycles. The Bertz CT molecular complexity index is 568. The first-order chi connectivity index (χ1) is 11.0. The summed E-state index contributed by atoms with van der Waals surface area (Å²) in [6.07, 6.45) is 0.863. The van der Waals surface area contributed by atoms with Crippen molar-refractivity contribution in [3.8, 4) is 5.75 Å². The second kappa shape index (κ2) is 6.28. The van der Waals surface area contributed by atoms with Gasteiger partial charge >= 0.3 is 6.03 Å². The number of hydrogen-bond donors (Lipinski definition) is 2. The number of rotatable bonds is 2. The zero-order chi connectivity index (χ0) is 16.4. The summed E-state index contributed by atoms with van der Waals surface area (Å²) in [6.45, 7) is 7.62. The number of phenols is 1. The van der Waals surface area contributed by atoms with Crippen molar-refractivity contribution in [3.63, 3.8) is 0 Å². The van der Waals surface area contributed by atoms with E-state index in [1.54, 1.807) is 12.1 Å². The highest BCUT2D eigenvalue weighted by Gasteiger charge is 2.37. The Kier molecular flexibility index (Phi) is 4.35. The van der Waals surface area contributed by atoms with Gasteiger partial charge in [-0.2, -0.15) is 0 Å². The minimum absolute atomic E-state index is 0.0101. The maximum Gasteiger partial charge on any atom is 0.317 e. The summed E-state index contributed by atoms with van der Waals surface area (Å²) in [5.41, 5.74) is 0.703. The second-order valence-electron chi connectivity index (χ2n) is 6.74. The number of nitrogens with zero attached hydrogens (tertiary/aromatic N) is 2. The summed E-state index contributed by atoms with van der Waals surface area (Å²) in [6, 6.07) is 7.30. The largest absolute Gasteiger partial charge is 0.508 e. The van der Waals surface area contributed by atoms with E-state index in [4.69, 9.17) is 4.74 Å². The molecule has 1 aromatic carbocycles. The molecule has 2 heterocycles. The first kappa shape index (κ1) is 15.9. The molecule has 1 aromatic rings. The molecule has 1 unspecified atom stereocenters. The number of nitrogens with one attached hydrogen (secondary N) is 1. The summed E-state index contributed by atoms with van der Waals surface area (Å²) in [5.74, 6) is 0.270.